The van der Waals surface area contributed by atoms with Crippen LogP contribution in [0.1, 0.15) is 33.6 Å². The van der Waals surface area contributed by atoms with Gasteiger partial charge in [-0.1, -0.05) is 0 Å². The molecule has 1 aromatic rings. The van der Waals surface area contributed by atoms with Crippen molar-refractivity contribution in [3.05, 3.63) is 16.9 Å². The van der Waals surface area contributed by atoms with Gasteiger partial charge in [-0.05, 0) is 55.6 Å². The summed E-state index contributed by atoms with van der Waals surface area (Å²) in [5, 5.41) is 3.39. The van der Waals surface area contributed by atoms with Gasteiger partial charge in [0.05, 0.1) is 17.6 Å². The van der Waals surface area contributed by atoms with E-state index in [0.717, 1.165) is 29.7 Å². The maximum atomic E-state index is 12.2. The van der Waals surface area contributed by atoms with Crippen molar-refractivity contribution in [3.8, 4) is 0 Å². The predicted molar refractivity (Wildman–Crippen MR) is 90.8 cm³/mol. The summed E-state index contributed by atoms with van der Waals surface area (Å²) in [6.45, 7) is 6.95. The number of halogens is 1. The second-order valence-electron chi connectivity index (χ2n) is 6.50. The molecule has 1 fully saturated rings. The van der Waals surface area contributed by atoms with E-state index < -0.39 is 5.60 Å². The second-order valence-corrected chi connectivity index (χ2v) is 7.32. The van der Waals surface area contributed by atoms with Crippen LogP contribution in [0.3, 0.4) is 0 Å². The number of nitrogens with one attached hydrogen (secondary N) is 1. The van der Waals surface area contributed by atoms with E-state index in [9.17, 15) is 4.79 Å². The van der Waals surface area contributed by atoms with Crippen LogP contribution in [0.15, 0.2) is 16.9 Å². The molecule has 0 bridgehead atoms. The number of ether oxygens (including phenoxy) is 1. The van der Waals surface area contributed by atoms with Crippen LogP contribution in [0.5, 0.6) is 0 Å². The number of amides is 1. The molecule has 1 atom stereocenters. The highest BCUT2D eigenvalue weighted by molar-refractivity contribution is 9.10. The van der Waals surface area contributed by atoms with Gasteiger partial charge < -0.3 is 20.7 Å². The van der Waals surface area contributed by atoms with E-state index in [1.54, 1.807) is 11.1 Å². The zero-order valence-corrected chi connectivity index (χ0v) is 14.8. The summed E-state index contributed by atoms with van der Waals surface area (Å²) < 4.78 is 6.16. The first-order valence-electron chi connectivity index (χ1n) is 7.40. The second kappa shape index (κ2) is 6.73. The van der Waals surface area contributed by atoms with Crippen molar-refractivity contribution in [2.45, 2.75) is 45.3 Å². The molecule has 2 rings (SSSR count). The predicted octanol–water partition coefficient (Wildman–Crippen LogP) is 3.24. The fourth-order valence-corrected chi connectivity index (χ4v) is 2.70. The molecular formula is C15H23BrN4O2. The lowest BCUT2D eigenvalue weighted by Crippen LogP contribution is -2.47. The number of aromatic nitrogens is 1. The van der Waals surface area contributed by atoms with Crippen LogP contribution in [-0.4, -0.2) is 40.7 Å². The molecule has 1 saturated heterocycles. The lowest BCUT2D eigenvalue weighted by molar-refractivity contribution is 0.0206. The van der Waals surface area contributed by atoms with E-state index in [0.29, 0.717) is 12.2 Å². The largest absolute Gasteiger partial charge is 0.444 e. The van der Waals surface area contributed by atoms with Gasteiger partial charge in [-0.3, -0.25) is 0 Å². The summed E-state index contributed by atoms with van der Waals surface area (Å²) in [4.78, 5) is 18.0. The molecule has 2 heterocycles. The summed E-state index contributed by atoms with van der Waals surface area (Å²) >= 11 is 3.34. The first-order chi connectivity index (χ1) is 10.2. The monoisotopic (exact) mass is 370 g/mol. The van der Waals surface area contributed by atoms with Crippen molar-refractivity contribution >= 4 is 33.4 Å². The molecule has 0 aliphatic carbocycles. The molecule has 6 nitrogen and oxygen atoms in total. The number of nitrogen functional groups attached to an aromatic ring is 1. The molecule has 7 heteroatoms. The molecule has 0 radical (unpaired) electrons. The minimum atomic E-state index is -0.474. The minimum Gasteiger partial charge on any atom is -0.444 e. The van der Waals surface area contributed by atoms with Crippen LogP contribution < -0.4 is 11.1 Å². The Balaban J connectivity index is 1.98. The van der Waals surface area contributed by atoms with Crippen LogP contribution in [0.4, 0.5) is 16.2 Å². The fourth-order valence-electron chi connectivity index (χ4n) is 2.37. The summed E-state index contributed by atoms with van der Waals surface area (Å²) in [6, 6.07) is 2.00. The lowest BCUT2D eigenvalue weighted by atomic mass is 10.1. The number of carbonyl (C=O) groups is 1. The Labute approximate surface area is 139 Å². The van der Waals surface area contributed by atoms with Crippen molar-refractivity contribution < 1.29 is 9.53 Å². The highest BCUT2D eigenvalue weighted by Crippen LogP contribution is 2.24. The SMILES string of the molecule is CC(C)(C)OC(=O)N1CCC[C@@H](Nc2cc(Br)ncc2N)C1. The number of hydrogen-bond acceptors (Lipinski definition) is 5. The first kappa shape index (κ1) is 16.9. The number of carbonyl (C=O) groups excluding carboxylic acids is 1. The maximum Gasteiger partial charge on any atom is 0.410 e. The molecule has 0 spiro atoms. The molecule has 22 heavy (non-hydrogen) atoms. The smallest absolute Gasteiger partial charge is 0.410 e. The number of nitrogens with two attached hydrogens (primary N) is 1. The third kappa shape index (κ3) is 4.76. The molecule has 122 valence electrons. The van der Waals surface area contributed by atoms with Gasteiger partial charge in [0.2, 0.25) is 0 Å². The molecular weight excluding hydrogens is 348 g/mol. The summed E-state index contributed by atoms with van der Waals surface area (Å²) in [5.74, 6) is 0. The molecule has 0 aromatic carbocycles. The van der Waals surface area contributed by atoms with Gasteiger partial charge >= 0.3 is 6.09 Å². The Hall–Kier alpha value is -1.50. The van der Waals surface area contributed by atoms with Crippen LogP contribution in [0.25, 0.3) is 0 Å². The van der Waals surface area contributed by atoms with E-state index in [2.05, 4.69) is 26.2 Å². The average molecular weight is 371 g/mol. The van der Waals surface area contributed by atoms with Gasteiger partial charge in [-0.2, -0.15) is 0 Å². The molecule has 1 amide bonds. The maximum absolute atomic E-state index is 12.2. The van der Waals surface area contributed by atoms with Crippen LogP contribution >= 0.6 is 15.9 Å². The van der Waals surface area contributed by atoms with Crippen molar-refractivity contribution in [3.63, 3.8) is 0 Å². The quantitative estimate of drug-likeness (QED) is 0.781. The number of nitrogens with zero attached hydrogens (tertiary/aromatic N) is 2. The molecule has 1 aromatic heterocycles. The van der Waals surface area contributed by atoms with Gasteiger partial charge in [0.1, 0.15) is 10.2 Å². The van der Waals surface area contributed by atoms with Crippen molar-refractivity contribution in [2.75, 3.05) is 24.1 Å². The van der Waals surface area contributed by atoms with E-state index >= 15 is 0 Å². The Kier molecular flexibility index (Phi) is 5.16. The van der Waals surface area contributed by atoms with Crippen LogP contribution in [0.2, 0.25) is 0 Å². The summed E-state index contributed by atoms with van der Waals surface area (Å²) in [5.41, 5.74) is 6.89. The van der Waals surface area contributed by atoms with Gasteiger partial charge in [-0.25, -0.2) is 9.78 Å². The summed E-state index contributed by atoms with van der Waals surface area (Å²) in [6.07, 6.45) is 3.27. The number of piperidine rings is 1. The summed E-state index contributed by atoms with van der Waals surface area (Å²) in [7, 11) is 0. The van der Waals surface area contributed by atoms with Crippen molar-refractivity contribution in [1.29, 1.82) is 0 Å². The van der Waals surface area contributed by atoms with Crippen LogP contribution in [0, 0.1) is 0 Å². The Morgan fingerprint density at radius 3 is 2.95 bits per heavy atom. The number of pyridine rings is 1. The minimum absolute atomic E-state index is 0.151. The van der Waals surface area contributed by atoms with Crippen molar-refractivity contribution in [2.24, 2.45) is 0 Å². The Morgan fingerprint density at radius 2 is 2.27 bits per heavy atom. The Bertz CT molecular complexity index is 545. The molecule has 0 unspecified atom stereocenters. The van der Waals surface area contributed by atoms with E-state index in [-0.39, 0.29) is 12.1 Å². The number of anilines is 2. The normalized spacial score (nSPS) is 18.9. The third-order valence-corrected chi connectivity index (χ3v) is 3.77. The zero-order chi connectivity index (χ0) is 16.3. The number of rotatable bonds is 2. The van der Waals surface area contributed by atoms with E-state index in [1.165, 1.54) is 0 Å². The van der Waals surface area contributed by atoms with Crippen LogP contribution in [-0.2, 0) is 4.74 Å². The van der Waals surface area contributed by atoms with Gasteiger partial charge in [-0.15, -0.1) is 0 Å². The molecule has 1 aliphatic heterocycles. The number of likely N-dealkylation sites (tertiary alicyclic amines) is 1. The molecule has 1 aliphatic rings. The zero-order valence-electron chi connectivity index (χ0n) is 13.2. The highest BCUT2D eigenvalue weighted by atomic mass is 79.9. The first-order valence-corrected chi connectivity index (χ1v) is 8.19. The van der Waals surface area contributed by atoms with E-state index in [4.69, 9.17) is 10.5 Å². The third-order valence-electron chi connectivity index (χ3n) is 3.33. The van der Waals surface area contributed by atoms with Gasteiger partial charge in [0, 0.05) is 19.1 Å². The lowest BCUT2D eigenvalue weighted by Gasteiger charge is -2.35. The Morgan fingerprint density at radius 1 is 1.55 bits per heavy atom. The standard InChI is InChI=1S/C15H23BrN4O2/c1-15(2,3)22-14(21)20-6-4-5-10(9-20)19-12-7-13(16)18-8-11(12)17/h7-8,10H,4-6,9,17H2,1-3H3,(H,18,19)/t10-/m1/s1. The molecule has 3 N–H and O–H groups in total. The average Bonchev–Trinajstić information content (AvgIpc) is 2.41. The van der Waals surface area contributed by atoms with Gasteiger partial charge in [0.25, 0.3) is 0 Å². The van der Waals surface area contributed by atoms with Crippen molar-refractivity contribution in [1.82, 2.24) is 9.88 Å². The highest BCUT2D eigenvalue weighted by Gasteiger charge is 2.27. The van der Waals surface area contributed by atoms with E-state index in [1.807, 2.05) is 26.8 Å². The number of hydrogen-bond donors (Lipinski definition) is 2. The van der Waals surface area contributed by atoms with Gasteiger partial charge in [0.15, 0.2) is 0 Å². The molecule has 0 saturated carbocycles. The topological polar surface area (TPSA) is 80.5 Å². The fraction of sp³-hybridized carbons (Fsp3) is 0.600.